The van der Waals surface area contributed by atoms with Gasteiger partial charge in [-0.05, 0) is 19.8 Å². The summed E-state index contributed by atoms with van der Waals surface area (Å²) in [6.45, 7) is -0.139. The molecule has 1 aromatic heterocycles. The molecular formula is C10H17F2N3O. The first-order chi connectivity index (χ1) is 7.65. The third-order valence-corrected chi connectivity index (χ3v) is 2.36. The van der Waals surface area contributed by atoms with Crippen LogP contribution in [0, 0.1) is 0 Å². The van der Waals surface area contributed by atoms with Crippen molar-refractivity contribution >= 4 is 0 Å². The van der Waals surface area contributed by atoms with Gasteiger partial charge in [0.1, 0.15) is 5.82 Å². The maximum Gasteiger partial charge on any atom is 0.319 e. The lowest BCUT2D eigenvalue weighted by molar-refractivity contribution is 0.0664. The molecule has 1 unspecified atom stereocenters. The number of alkyl halides is 2. The Labute approximate surface area is 93.3 Å². The average molecular weight is 233 g/mol. The Hall–Kier alpha value is -1.01. The Morgan fingerprint density at radius 1 is 1.56 bits per heavy atom. The van der Waals surface area contributed by atoms with Gasteiger partial charge in [-0.2, -0.15) is 8.78 Å². The van der Waals surface area contributed by atoms with E-state index in [4.69, 9.17) is 5.11 Å². The van der Waals surface area contributed by atoms with E-state index in [0.29, 0.717) is 18.8 Å². The number of hydrogen-bond acceptors (Lipinski definition) is 3. The Morgan fingerprint density at radius 2 is 2.31 bits per heavy atom. The highest BCUT2D eigenvalue weighted by molar-refractivity contribution is 4.92. The van der Waals surface area contributed by atoms with E-state index in [1.807, 2.05) is 6.92 Å². The summed E-state index contributed by atoms with van der Waals surface area (Å²) in [4.78, 5) is 3.86. The Kier molecular flexibility index (Phi) is 5.34. The Morgan fingerprint density at radius 3 is 2.94 bits per heavy atom. The maximum atomic E-state index is 12.5. The zero-order valence-electron chi connectivity index (χ0n) is 9.24. The van der Waals surface area contributed by atoms with Crippen molar-refractivity contribution in [3.63, 3.8) is 0 Å². The molecule has 0 aliphatic heterocycles. The van der Waals surface area contributed by atoms with Crippen molar-refractivity contribution in [2.45, 2.75) is 38.9 Å². The number of hydrogen-bond donors (Lipinski definition) is 2. The van der Waals surface area contributed by atoms with E-state index in [1.165, 1.54) is 12.4 Å². The number of halogens is 2. The van der Waals surface area contributed by atoms with Gasteiger partial charge in [0.2, 0.25) is 0 Å². The van der Waals surface area contributed by atoms with E-state index in [-0.39, 0.29) is 12.6 Å². The molecule has 0 aromatic carbocycles. The van der Waals surface area contributed by atoms with Crippen molar-refractivity contribution in [2.75, 3.05) is 6.61 Å². The highest BCUT2D eigenvalue weighted by atomic mass is 19.3. The second-order valence-corrected chi connectivity index (χ2v) is 3.68. The monoisotopic (exact) mass is 233 g/mol. The summed E-state index contributed by atoms with van der Waals surface area (Å²) in [6, 6.07) is 0.176. The van der Waals surface area contributed by atoms with E-state index in [0.717, 1.165) is 11.0 Å². The highest BCUT2D eigenvalue weighted by Crippen LogP contribution is 2.12. The van der Waals surface area contributed by atoms with Gasteiger partial charge >= 0.3 is 6.55 Å². The van der Waals surface area contributed by atoms with Crippen LogP contribution in [0.3, 0.4) is 0 Å². The van der Waals surface area contributed by atoms with Gasteiger partial charge in [-0.25, -0.2) is 4.98 Å². The lowest BCUT2D eigenvalue weighted by Gasteiger charge is -2.13. The van der Waals surface area contributed by atoms with Crippen LogP contribution in [0.5, 0.6) is 0 Å². The standard InChI is InChI=1S/C10H17F2N3O/c1-8(3-2-6-16)14-7-9-13-4-5-15(9)10(11)12/h4-5,8,10,14,16H,2-3,6-7H2,1H3. The largest absolute Gasteiger partial charge is 0.396 e. The van der Waals surface area contributed by atoms with Gasteiger partial charge in [0.15, 0.2) is 0 Å². The molecule has 16 heavy (non-hydrogen) atoms. The molecule has 0 saturated carbocycles. The summed E-state index contributed by atoms with van der Waals surface area (Å²) in [5, 5.41) is 11.7. The molecular weight excluding hydrogens is 216 g/mol. The van der Waals surface area contributed by atoms with Gasteiger partial charge < -0.3 is 10.4 Å². The Bertz CT molecular complexity index is 304. The number of aliphatic hydroxyl groups excluding tert-OH is 1. The predicted octanol–water partition coefficient (Wildman–Crippen LogP) is 1.53. The van der Waals surface area contributed by atoms with E-state index in [2.05, 4.69) is 10.3 Å². The molecule has 1 aromatic rings. The van der Waals surface area contributed by atoms with Crippen LogP contribution in [-0.4, -0.2) is 27.3 Å². The van der Waals surface area contributed by atoms with Crippen LogP contribution in [0.15, 0.2) is 12.4 Å². The van der Waals surface area contributed by atoms with Crippen LogP contribution >= 0.6 is 0 Å². The van der Waals surface area contributed by atoms with Crippen LogP contribution in [0.4, 0.5) is 8.78 Å². The second kappa shape index (κ2) is 6.55. The molecule has 0 aliphatic carbocycles. The Balaban J connectivity index is 2.39. The minimum Gasteiger partial charge on any atom is -0.396 e. The molecule has 0 bridgehead atoms. The van der Waals surface area contributed by atoms with Crippen LogP contribution in [0.25, 0.3) is 0 Å². The normalized spacial score (nSPS) is 13.3. The predicted molar refractivity (Wildman–Crippen MR) is 56.1 cm³/mol. The summed E-state index contributed by atoms with van der Waals surface area (Å²) < 4.78 is 25.7. The third kappa shape index (κ3) is 3.86. The molecule has 92 valence electrons. The van der Waals surface area contributed by atoms with E-state index in [9.17, 15) is 8.78 Å². The SMILES string of the molecule is CC(CCCO)NCc1nccn1C(F)F. The van der Waals surface area contributed by atoms with Gasteiger partial charge in [-0.15, -0.1) is 0 Å². The zero-order valence-corrected chi connectivity index (χ0v) is 9.24. The van der Waals surface area contributed by atoms with Gasteiger partial charge in [0, 0.05) is 25.0 Å². The summed E-state index contributed by atoms with van der Waals surface area (Å²) in [5.41, 5.74) is 0. The van der Waals surface area contributed by atoms with E-state index < -0.39 is 6.55 Å². The number of nitrogens with one attached hydrogen (secondary N) is 1. The number of aliphatic hydroxyl groups is 1. The summed E-state index contributed by atoms with van der Waals surface area (Å²) in [5.74, 6) is 0.325. The molecule has 0 aliphatic rings. The molecule has 2 N–H and O–H groups in total. The molecule has 1 heterocycles. The van der Waals surface area contributed by atoms with Crippen molar-refractivity contribution in [3.8, 4) is 0 Å². The van der Waals surface area contributed by atoms with Crippen LogP contribution in [-0.2, 0) is 6.54 Å². The van der Waals surface area contributed by atoms with Crippen LogP contribution < -0.4 is 5.32 Å². The average Bonchev–Trinajstić information content (AvgIpc) is 2.71. The zero-order chi connectivity index (χ0) is 12.0. The molecule has 4 nitrogen and oxygen atoms in total. The first-order valence-electron chi connectivity index (χ1n) is 5.29. The lowest BCUT2D eigenvalue weighted by Crippen LogP contribution is -2.27. The third-order valence-electron chi connectivity index (χ3n) is 2.36. The first kappa shape index (κ1) is 13.1. The van der Waals surface area contributed by atoms with Crippen molar-refractivity contribution < 1.29 is 13.9 Å². The molecule has 0 amide bonds. The number of imidazole rings is 1. The summed E-state index contributed by atoms with van der Waals surface area (Å²) in [6.07, 6.45) is 4.14. The second-order valence-electron chi connectivity index (χ2n) is 3.68. The summed E-state index contributed by atoms with van der Waals surface area (Å²) in [7, 11) is 0. The number of nitrogens with zero attached hydrogens (tertiary/aromatic N) is 2. The first-order valence-corrected chi connectivity index (χ1v) is 5.29. The minimum atomic E-state index is -2.55. The minimum absolute atomic E-state index is 0.150. The number of aromatic nitrogens is 2. The van der Waals surface area contributed by atoms with Crippen molar-refractivity contribution in [1.82, 2.24) is 14.9 Å². The molecule has 6 heteroatoms. The fourth-order valence-corrected chi connectivity index (χ4v) is 1.42. The van der Waals surface area contributed by atoms with Gasteiger partial charge in [-0.1, -0.05) is 0 Å². The maximum absolute atomic E-state index is 12.5. The van der Waals surface area contributed by atoms with E-state index in [1.54, 1.807) is 0 Å². The molecule has 0 spiro atoms. The molecule has 0 saturated heterocycles. The molecule has 1 rings (SSSR count). The topological polar surface area (TPSA) is 50.1 Å². The van der Waals surface area contributed by atoms with Gasteiger partial charge in [0.05, 0.1) is 6.54 Å². The van der Waals surface area contributed by atoms with Gasteiger partial charge in [-0.3, -0.25) is 4.57 Å². The highest BCUT2D eigenvalue weighted by Gasteiger charge is 2.11. The smallest absolute Gasteiger partial charge is 0.319 e. The van der Waals surface area contributed by atoms with Gasteiger partial charge in [0.25, 0.3) is 0 Å². The fourth-order valence-electron chi connectivity index (χ4n) is 1.42. The van der Waals surface area contributed by atoms with Crippen LogP contribution in [0.2, 0.25) is 0 Å². The molecule has 0 fully saturated rings. The summed E-state index contributed by atoms with van der Waals surface area (Å²) >= 11 is 0. The van der Waals surface area contributed by atoms with Crippen molar-refractivity contribution in [2.24, 2.45) is 0 Å². The quantitative estimate of drug-likeness (QED) is 0.751. The fraction of sp³-hybridized carbons (Fsp3) is 0.700. The van der Waals surface area contributed by atoms with Crippen molar-refractivity contribution in [3.05, 3.63) is 18.2 Å². The van der Waals surface area contributed by atoms with Crippen LogP contribution in [0.1, 0.15) is 32.1 Å². The van der Waals surface area contributed by atoms with Crippen molar-refractivity contribution in [1.29, 1.82) is 0 Å². The lowest BCUT2D eigenvalue weighted by atomic mass is 10.2. The van der Waals surface area contributed by atoms with E-state index >= 15 is 0 Å². The molecule has 1 atom stereocenters. The molecule has 0 radical (unpaired) electrons. The number of rotatable bonds is 7.